The van der Waals surface area contributed by atoms with Crippen molar-refractivity contribution in [1.29, 1.82) is 0 Å². The van der Waals surface area contributed by atoms with Gasteiger partial charge in [0.2, 0.25) is 5.91 Å². The minimum Gasteiger partial charge on any atom is -0.354 e. The van der Waals surface area contributed by atoms with Gasteiger partial charge in [-0.05, 0) is 43.6 Å². The Kier molecular flexibility index (Phi) is 7.88. The Bertz CT molecular complexity index is 917. The van der Waals surface area contributed by atoms with Crippen LogP contribution >= 0.6 is 0 Å². The number of nitrogens with zero attached hydrogens (tertiary/aromatic N) is 2. The van der Waals surface area contributed by atoms with Crippen LogP contribution in [-0.2, 0) is 4.79 Å². The summed E-state index contributed by atoms with van der Waals surface area (Å²) in [7, 11) is 1.58. The largest absolute Gasteiger partial charge is 0.354 e. The van der Waals surface area contributed by atoms with Crippen molar-refractivity contribution in [2.24, 2.45) is 4.99 Å². The van der Waals surface area contributed by atoms with E-state index in [2.05, 4.69) is 38.0 Å². The maximum absolute atomic E-state index is 13.7. The van der Waals surface area contributed by atoms with Gasteiger partial charge < -0.3 is 16.0 Å². The molecule has 1 saturated heterocycles. The molecule has 0 radical (unpaired) electrons. The molecule has 1 fully saturated rings. The van der Waals surface area contributed by atoms with E-state index in [1.54, 1.807) is 7.05 Å². The Balaban J connectivity index is 1.55. The minimum atomic E-state index is -1.63. The molecule has 0 saturated carbocycles. The maximum atomic E-state index is 13.7. The molecular weight excluding hydrogens is 407 g/mol. The van der Waals surface area contributed by atoms with E-state index in [0.717, 1.165) is 38.1 Å². The average molecular weight is 433 g/mol. The van der Waals surface area contributed by atoms with Gasteiger partial charge in [0.1, 0.15) is 0 Å². The standard InChI is InChI=1S/C22H26F3N5O/c1-26-22(28-14-19(31)29-17-10-9-16(23)20(24)21(17)25)27-13-18(30-11-5-6-12-30)15-7-3-2-4-8-15/h2-4,7-10,18H,5-6,11-14H2,1H3,(H,29,31)(H2,26,27,28). The van der Waals surface area contributed by atoms with Crippen molar-refractivity contribution >= 4 is 17.6 Å². The summed E-state index contributed by atoms with van der Waals surface area (Å²) in [5.41, 5.74) is 0.769. The van der Waals surface area contributed by atoms with E-state index in [1.165, 1.54) is 5.56 Å². The summed E-state index contributed by atoms with van der Waals surface area (Å²) in [4.78, 5) is 18.6. The lowest BCUT2D eigenvalue weighted by molar-refractivity contribution is -0.115. The van der Waals surface area contributed by atoms with E-state index in [1.807, 2.05) is 18.2 Å². The first-order chi connectivity index (χ1) is 15.0. The third kappa shape index (κ3) is 5.97. The van der Waals surface area contributed by atoms with Crippen LogP contribution < -0.4 is 16.0 Å². The SMILES string of the molecule is CN=C(NCC(=O)Nc1ccc(F)c(F)c1F)NCC(c1ccccc1)N1CCCC1. The number of nitrogens with one attached hydrogen (secondary N) is 3. The fraction of sp³-hybridized carbons (Fsp3) is 0.364. The van der Waals surface area contributed by atoms with Crippen LogP contribution in [0.1, 0.15) is 24.4 Å². The van der Waals surface area contributed by atoms with E-state index in [9.17, 15) is 18.0 Å². The molecule has 166 valence electrons. The predicted octanol–water partition coefficient (Wildman–Crippen LogP) is 3.04. The van der Waals surface area contributed by atoms with Gasteiger partial charge in [-0.1, -0.05) is 30.3 Å². The van der Waals surface area contributed by atoms with Crippen LogP contribution in [0.25, 0.3) is 0 Å². The summed E-state index contributed by atoms with van der Waals surface area (Å²) in [6.07, 6.45) is 2.33. The van der Waals surface area contributed by atoms with Crippen molar-refractivity contribution in [3.63, 3.8) is 0 Å². The second-order valence-corrected chi connectivity index (χ2v) is 7.25. The first-order valence-corrected chi connectivity index (χ1v) is 10.2. The number of guanidine groups is 1. The topological polar surface area (TPSA) is 68.8 Å². The zero-order valence-corrected chi connectivity index (χ0v) is 17.3. The Morgan fingerprint density at radius 1 is 1.03 bits per heavy atom. The van der Waals surface area contributed by atoms with Crippen molar-refractivity contribution in [2.75, 3.05) is 38.5 Å². The minimum absolute atomic E-state index is 0.160. The molecule has 1 heterocycles. The summed E-state index contributed by atoms with van der Waals surface area (Å²) < 4.78 is 40.0. The zero-order chi connectivity index (χ0) is 22.2. The van der Waals surface area contributed by atoms with Crippen molar-refractivity contribution in [1.82, 2.24) is 15.5 Å². The molecule has 1 aliphatic rings. The van der Waals surface area contributed by atoms with Gasteiger partial charge in [-0.3, -0.25) is 14.7 Å². The average Bonchev–Trinajstić information content (AvgIpc) is 3.32. The lowest BCUT2D eigenvalue weighted by Crippen LogP contribution is -2.45. The fourth-order valence-electron chi connectivity index (χ4n) is 3.58. The highest BCUT2D eigenvalue weighted by Gasteiger charge is 2.23. The van der Waals surface area contributed by atoms with Crippen LogP contribution in [-0.4, -0.2) is 50.0 Å². The van der Waals surface area contributed by atoms with Crippen molar-refractivity contribution < 1.29 is 18.0 Å². The Labute approximate surface area is 179 Å². The number of aliphatic imine (C=N–C) groups is 1. The monoisotopic (exact) mass is 433 g/mol. The molecule has 3 rings (SSSR count). The number of carbonyl (C=O) groups excluding carboxylic acids is 1. The van der Waals surface area contributed by atoms with Gasteiger partial charge in [0.15, 0.2) is 23.4 Å². The van der Waals surface area contributed by atoms with Crippen LogP contribution in [0.2, 0.25) is 0 Å². The summed E-state index contributed by atoms with van der Waals surface area (Å²) in [5, 5.41) is 8.30. The predicted molar refractivity (Wildman–Crippen MR) is 114 cm³/mol. The van der Waals surface area contributed by atoms with E-state index < -0.39 is 29.0 Å². The molecule has 9 heteroatoms. The van der Waals surface area contributed by atoms with Crippen LogP contribution in [0.3, 0.4) is 0 Å². The second kappa shape index (κ2) is 10.8. The lowest BCUT2D eigenvalue weighted by Gasteiger charge is -2.28. The zero-order valence-electron chi connectivity index (χ0n) is 17.3. The van der Waals surface area contributed by atoms with Gasteiger partial charge >= 0.3 is 0 Å². The molecule has 0 aliphatic carbocycles. The smallest absolute Gasteiger partial charge is 0.243 e. The van der Waals surface area contributed by atoms with Gasteiger partial charge in [-0.2, -0.15) is 0 Å². The molecule has 2 aromatic rings. The number of amides is 1. The molecule has 1 atom stereocenters. The van der Waals surface area contributed by atoms with Crippen molar-refractivity contribution in [3.8, 4) is 0 Å². The summed E-state index contributed by atoms with van der Waals surface area (Å²) in [6, 6.07) is 12.1. The number of likely N-dealkylation sites (tertiary alicyclic amines) is 1. The van der Waals surface area contributed by atoms with Crippen LogP contribution in [0.15, 0.2) is 47.5 Å². The summed E-state index contributed by atoms with van der Waals surface area (Å²) in [6.45, 7) is 2.41. The summed E-state index contributed by atoms with van der Waals surface area (Å²) >= 11 is 0. The number of hydrogen-bond acceptors (Lipinski definition) is 3. The molecular formula is C22H26F3N5O. The van der Waals surface area contributed by atoms with Crippen LogP contribution in [0.4, 0.5) is 18.9 Å². The summed E-state index contributed by atoms with van der Waals surface area (Å²) in [5.74, 6) is -4.60. The van der Waals surface area contributed by atoms with E-state index in [4.69, 9.17) is 0 Å². The van der Waals surface area contributed by atoms with E-state index >= 15 is 0 Å². The number of rotatable bonds is 7. The number of carbonyl (C=O) groups is 1. The number of halogens is 3. The fourth-order valence-corrected chi connectivity index (χ4v) is 3.58. The number of anilines is 1. The Morgan fingerprint density at radius 2 is 1.74 bits per heavy atom. The van der Waals surface area contributed by atoms with E-state index in [0.29, 0.717) is 12.5 Å². The molecule has 1 amide bonds. The van der Waals surface area contributed by atoms with Crippen molar-refractivity contribution in [3.05, 3.63) is 65.5 Å². The molecule has 2 aromatic carbocycles. The molecule has 0 spiro atoms. The van der Waals surface area contributed by atoms with Crippen molar-refractivity contribution in [2.45, 2.75) is 18.9 Å². The molecule has 31 heavy (non-hydrogen) atoms. The van der Waals surface area contributed by atoms with Gasteiger partial charge in [-0.25, -0.2) is 13.2 Å². The highest BCUT2D eigenvalue weighted by Crippen LogP contribution is 2.24. The van der Waals surface area contributed by atoms with Gasteiger partial charge in [0.25, 0.3) is 0 Å². The van der Waals surface area contributed by atoms with Gasteiger partial charge in [0, 0.05) is 13.6 Å². The highest BCUT2D eigenvalue weighted by atomic mass is 19.2. The quantitative estimate of drug-likeness (QED) is 0.357. The first kappa shape index (κ1) is 22.6. The molecule has 1 unspecified atom stereocenters. The second-order valence-electron chi connectivity index (χ2n) is 7.25. The molecule has 0 aromatic heterocycles. The maximum Gasteiger partial charge on any atom is 0.243 e. The normalized spacial score (nSPS) is 15.5. The van der Waals surface area contributed by atoms with Crippen LogP contribution in [0.5, 0.6) is 0 Å². The third-order valence-electron chi connectivity index (χ3n) is 5.18. The Hall–Kier alpha value is -3.07. The molecule has 6 nitrogen and oxygen atoms in total. The first-order valence-electron chi connectivity index (χ1n) is 10.2. The molecule has 3 N–H and O–H groups in total. The molecule has 1 aliphatic heterocycles. The van der Waals surface area contributed by atoms with E-state index in [-0.39, 0.29) is 12.6 Å². The lowest BCUT2D eigenvalue weighted by atomic mass is 10.1. The number of hydrogen-bond donors (Lipinski definition) is 3. The van der Waals surface area contributed by atoms with Crippen LogP contribution in [0, 0.1) is 17.5 Å². The van der Waals surface area contributed by atoms with Gasteiger partial charge in [0.05, 0.1) is 18.3 Å². The number of benzene rings is 2. The highest BCUT2D eigenvalue weighted by molar-refractivity contribution is 5.95. The Morgan fingerprint density at radius 3 is 2.42 bits per heavy atom. The van der Waals surface area contributed by atoms with Gasteiger partial charge in [-0.15, -0.1) is 0 Å². The third-order valence-corrected chi connectivity index (χ3v) is 5.18. The molecule has 0 bridgehead atoms.